The van der Waals surface area contributed by atoms with E-state index in [-0.39, 0.29) is 12.6 Å². The zero-order valence-electron chi connectivity index (χ0n) is 9.98. The number of aliphatic hydroxyl groups is 1. The van der Waals surface area contributed by atoms with Crippen molar-refractivity contribution in [1.82, 2.24) is 4.72 Å². The van der Waals surface area contributed by atoms with Gasteiger partial charge in [0.05, 0.1) is 11.9 Å². The molecule has 1 aliphatic rings. The van der Waals surface area contributed by atoms with Crippen LogP contribution in [0.3, 0.4) is 0 Å². The third-order valence-corrected chi connectivity index (χ3v) is 5.09. The summed E-state index contributed by atoms with van der Waals surface area (Å²) >= 11 is 0. The van der Waals surface area contributed by atoms with Gasteiger partial charge in [0, 0.05) is 6.04 Å². The van der Waals surface area contributed by atoms with Crippen molar-refractivity contribution in [3.05, 3.63) is 0 Å². The minimum atomic E-state index is -3.34. The zero-order chi connectivity index (χ0) is 12.0. The number of rotatable bonds is 4. The lowest BCUT2D eigenvalue weighted by atomic mass is 9.97. The van der Waals surface area contributed by atoms with E-state index in [4.69, 9.17) is 5.11 Å². The van der Waals surface area contributed by atoms with E-state index in [1.54, 1.807) is 0 Å². The number of nitrogens with one attached hydrogen (secondary N) is 1. The highest BCUT2D eigenvalue weighted by Crippen LogP contribution is 2.18. The minimum absolute atomic E-state index is 0.0688. The summed E-state index contributed by atoms with van der Waals surface area (Å²) in [5, 5.41) is 8.17. The molecule has 1 atom stereocenters. The molecule has 16 heavy (non-hydrogen) atoms. The second kappa shape index (κ2) is 6.57. The van der Waals surface area contributed by atoms with Gasteiger partial charge in [0.15, 0.2) is 0 Å². The fraction of sp³-hybridized carbons (Fsp3) is 1.00. The van der Waals surface area contributed by atoms with Gasteiger partial charge < -0.3 is 5.11 Å². The van der Waals surface area contributed by atoms with E-state index in [9.17, 15) is 8.42 Å². The highest BCUT2D eigenvalue weighted by molar-refractivity contribution is 7.90. The van der Waals surface area contributed by atoms with Gasteiger partial charge in [0.1, 0.15) is 0 Å². The average molecular weight is 249 g/mol. The van der Waals surface area contributed by atoms with Crippen LogP contribution in [0.15, 0.2) is 0 Å². The summed E-state index contributed by atoms with van der Waals surface area (Å²) in [7, 11) is -3.34. The van der Waals surface area contributed by atoms with Crippen LogP contribution in [0.5, 0.6) is 0 Å². The molecule has 5 heteroatoms. The first kappa shape index (κ1) is 13.9. The minimum Gasteiger partial charge on any atom is -0.395 e. The Bertz CT molecular complexity index is 282. The normalized spacial score (nSPS) is 22.4. The lowest BCUT2D eigenvalue weighted by Crippen LogP contribution is -2.41. The van der Waals surface area contributed by atoms with Gasteiger partial charge in [-0.15, -0.1) is 0 Å². The van der Waals surface area contributed by atoms with Crippen LogP contribution in [-0.4, -0.2) is 31.4 Å². The molecule has 4 nitrogen and oxygen atoms in total. The van der Waals surface area contributed by atoms with E-state index in [0.717, 1.165) is 25.7 Å². The first-order valence-corrected chi connectivity index (χ1v) is 7.73. The maximum absolute atomic E-state index is 11.8. The molecule has 0 spiro atoms. The average Bonchev–Trinajstić information content (AvgIpc) is 2.20. The predicted molar refractivity (Wildman–Crippen MR) is 64.7 cm³/mol. The van der Waals surface area contributed by atoms with E-state index < -0.39 is 15.3 Å². The number of sulfonamides is 1. The molecule has 0 heterocycles. The van der Waals surface area contributed by atoms with Crippen molar-refractivity contribution in [2.24, 2.45) is 0 Å². The van der Waals surface area contributed by atoms with E-state index in [0.29, 0.717) is 0 Å². The van der Waals surface area contributed by atoms with Crippen LogP contribution < -0.4 is 4.72 Å². The summed E-state index contributed by atoms with van der Waals surface area (Å²) in [6.07, 6.45) is 7.73. The summed E-state index contributed by atoms with van der Waals surface area (Å²) < 4.78 is 26.2. The van der Waals surface area contributed by atoms with Crippen LogP contribution in [0.25, 0.3) is 0 Å². The first-order valence-electron chi connectivity index (χ1n) is 6.18. The Morgan fingerprint density at radius 3 is 2.19 bits per heavy atom. The predicted octanol–water partition coefficient (Wildman–Crippen LogP) is 1.40. The van der Waals surface area contributed by atoms with Gasteiger partial charge in [-0.05, 0) is 19.8 Å². The maximum atomic E-state index is 11.8. The molecule has 0 saturated heterocycles. The quantitative estimate of drug-likeness (QED) is 0.791. The standard InChI is InChI=1S/C11H23NO3S/c1-10(9-13)16(14,15)12-11-7-5-3-2-4-6-8-11/h10-13H,2-9H2,1H3. The lowest BCUT2D eigenvalue weighted by Gasteiger charge is -2.22. The summed E-state index contributed by atoms with van der Waals surface area (Å²) in [5.41, 5.74) is 0. The second-order valence-electron chi connectivity index (χ2n) is 4.70. The Balaban J connectivity index is 2.50. The van der Waals surface area contributed by atoms with E-state index in [2.05, 4.69) is 4.72 Å². The molecule has 0 aromatic rings. The van der Waals surface area contributed by atoms with Crippen LogP contribution in [0.1, 0.15) is 51.9 Å². The Morgan fingerprint density at radius 2 is 1.69 bits per heavy atom. The Morgan fingerprint density at radius 1 is 1.19 bits per heavy atom. The highest BCUT2D eigenvalue weighted by Gasteiger charge is 2.23. The molecular weight excluding hydrogens is 226 g/mol. The zero-order valence-corrected chi connectivity index (χ0v) is 10.8. The molecule has 0 aromatic heterocycles. The summed E-state index contributed by atoms with van der Waals surface area (Å²) in [6.45, 7) is 1.22. The van der Waals surface area contributed by atoms with E-state index in [1.165, 1.54) is 26.2 Å². The van der Waals surface area contributed by atoms with Crippen molar-refractivity contribution in [3.63, 3.8) is 0 Å². The van der Waals surface area contributed by atoms with Crippen molar-refractivity contribution in [2.75, 3.05) is 6.61 Å². The first-order chi connectivity index (χ1) is 7.56. The van der Waals surface area contributed by atoms with Crippen molar-refractivity contribution in [3.8, 4) is 0 Å². The molecule has 1 fully saturated rings. The Kier molecular flexibility index (Phi) is 5.72. The molecule has 1 unspecified atom stereocenters. The summed E-state index contributed by atoms with van der Waals surface area (Å²) in [4.78, 5) is 0. The SMILES string of the molecule is CC(CO)S(=O)(=O)NC1CCCCCCC1. The van der Waals surface area contributed by atoms with Crippen LogP contribution in [0.4, 0.5) is 0 Å². The van der Waals surface area contributed by atoms with Gasteiger partial charge in [0.2, 0.25) is 10.0 Å². The van der Waals surface area contributed by atoms with E-state index in [1.807, 2.05) is 0 Å². The van der Waals surface area contributed by atoms with E-state index >= 15 is 0 Å². The van der Waals surface area contributed by atoms with Crippen LogP contribution in [0, 0.1) is 0 Å². The molecule has 0 aromatic carbocycles. The van der Waals surface area contributed by atoms with Crippen molar-refractivity contribution >= 4 is 10.0 Å². The monoisotopic (exact) mass is 249 g/mol. The van der Waals surface area contributed by atoms with Gasteiger partial charge in [-0.2, -0.15) is 0 Å². The lowest BCUT2D eigenvalue weighted by molar-refractivity contribution is 0.294. The van der Waals surface area contributed by atoms with Crippen LogP contribution in [-0.2, 0) is 10.0 Å². The third-order valence-electron chi connectivity index (χ3n) is 3.22. The molecule has 1 aliphatic carbocycles. The largest absolute Gasteiger partial charge is 0.395 e. The third kappa shape index (κ3) is 4.39. The van der Waals surface area contributed by atoms with Gasteiger partial charge >= 0.3 is 0 Å². The number of hydrogen-bond donors (Lipinski definition) is 2. The fourth-order valence-corrected chi connectivity index (χ4v) is 3.15. The molecule has 0 amide bonds. The van der Waals surface area contributed by atoms with Crippen molar-refractivity contribution in [1.29, 1.82) is 0 Å². The Labute approximate surface area is 98.5 Å². The topological polar surface area (TPSA) is 66.4 Å². The fourth-order valence-electron chi connectivity index (χ4n) is 2.02. The molecular formula is C11H23NO3S. The molecule has 0 radical (unpaired) electrons. The van der Waals surface area contributed by atoms with Gasteiger partial charge in [-0.25, -0.2) is 13.1 Å². The van der Waals surface area contributed by atoms with Crippen LogP contribution in [0.2, 0.25) is 0 Å². The highest BCUT2D eigenvalue weighted by atomic mass is 32.2. The smallest absolute Gasteiger partial charge is 0.216 e. The second-order valence-corrected chi connectivity index (χ2v) is 6.83. The van der Waals surface area contributed by atoms with Gasteiger partial charge in [-0.3, -0.25) is 0 Å². The van der Waals surface area contributed by atoms with Crippen LogP contribution >= 0.6 is 0 Å². The number of aliphatic hydroxyl groups excluding tert-OH is 1. The molecule has 0 aliphatic heterocycles. The molecule has 0 bridgehead atoms. The molecule has 1 rings (SSSR count). The van der Waals surface area contributed by atoms with Crippen molar-refractivity contribution < 1.29 is 13.5 Å². The molecule has 2 N–H and O–H groups in total. The summed E-state index contributed by atoms with van der Waals surface area (Å²) in [6, 6.07) is 0.0688. The summed E-state index contributed by atoms with van der Waals surface area (Å²) in [5.74, 6) is 0. The number of hydrogen-bond acceptors (Lipinski definition) is 3. The van der Waals surface area contributed by atoms with Gasteiger partial charge in [-0.1, -0.05) is 32.1 Å². The molecule has 1 saturated carbocycles. The molecule has 96 valence electrons. The Hall–Kier alpha value is -0.130. The van der Waals surface area contributed by atoms with Gasteiger partial charge in [0.25, 0.3) is 0 Å². The van der Waals surface area contributed by atoms with Crippen molar-refractivity contribution in [2.45, 2.75) is 63.2 Å². The maximum Gasteiger partial charge on any atom is 0.216 e.